The molecular weight excluding hydrogens is 673 g/mol. The Morgan fingerprint density at radius 3 is 0.964 bits per heavy atom. The van der Waals surface area contributed by atoms with Crippen LogP contribution in [-0.4, -0.2) is 0 Å². The predicted molar refractivity (Wildman–Crippen MR) is 238 cm³/mol. The molecule has 0 aromatic heterocycles. The summed E-state index contributed by atoms with van der Waals surface area (Å²) >= 11 is 0. The number of hydrogen-bond donors (Lipinski definition) is 0. The van der Waals surface area contributed by atoms with Crippen molar-refractivity contribution in [3.63, 3.8) is 0 Å². The van der Waals surface area contributed by atoms with Gasteiger partial charge in [-0.15, -0.1) is 0 Å². The van der Waals surface area contributed by atoms with E-state index in [1.807, 2.05) is 0 Å². The molecule has 11 rings (SSSR count). The van der Waals surface area contributed by atoms with Crippen molar-refractivity contribution in [1.82, 2.24) is 0 Å². The van der Waals surface area contributed by atoms with Crippen LogP contribution < -0.4 is 0 Å². The first-order valence-corrected chi connectivity index (χ1v) is 19.9. The van der Waals surface area contributed by atoms with Gasteiger partial charge in [0.2, 0.25) is 0 Å². The molecule has 0 saturated heterocycles. The van der Waals surface area contributed by atoms with Crippen molar-refractivity contribution in [2.45, 2.75) is 38.5 Å². The van der Waals surface area contributed by atoms with E-state index in [4.69, 9.17) is 0 Å². The molecule has 0 nitrogen and oxygen atoms in total. The maximum absolute atomic E-state index is 2.43. The molecule has 0 aliphatic heterocycles. The Labute approximate surface area is 329 Å². The maximum atomic E-state index is 2.43. The molecule has 0 radical (unpaired) electrons. The summed E-state index contributed by atoms with van der Waals surface area (Å²) in [6, 6.07) is 68.3. The fourth-order valence-corrected chi connectivity index (χ4v) is 9.82. The van der Waals surface area contributed by atoms with Gasteiger partial charge in [0.1, 0.15) is 0 Å². The zero-order valence-corrected chi connectivity index (χ0v) is 32.3. The molecule has 0 heteroatoms. The third-order valence-electron chi connectivity index (χ3n) is 13.0. The van der Waals surface area contributed by atoms with Gasteiger partial charge in [-0.3, -0.25) is 0 Å². The van der Waals surface area contributed by atoms with Crippen LogP contribution in [0.2, 0.25) is 0 Å². The summed E-state index contributed by atoms with van der Waals surface area (Å²) in [6.07, 6.45) is 0. The second-order valence-electron chi connectivity index (χ2n) is 17.0. The molecule has 266 valence electrons. The SMILES string of the molecule is CC1(C)c2ccccc2-c2ccc(-c3ccc4cc(-c5ccc6cc(-c7ccc8c(c7)C(C)(C)c7cc(-c9ccccc9)ccc7-8)ccc6c5)ccc4c3)cc21. The summed E-state index contributed by atoms with van der Waals surface area (Å²) in [5.74, 6) is 0. The summed E-state index contributed by atoms with van der Waals surface area (Å²) in [5.41, 5.74) is 21.1. The summed E-state index contributed by atoms with van der Waals surface area (Å²) < 4.78 is 0. The summed E-state index contributed by atoms with van der Waals surface area (Å²) in [5, 5.41) is 5.03. The highest BCUT2D eigenvalue weighted by Gasteiger charge is 2.36. The molecule has 9 aromatic rings. The highest BCUT2D eigenvalue weighted by molar-refractivity contribution is 5.95. The quantitative estimate of drug-likeness (QED) is 0.170. The number of fused-ring (bicyclic) bond motifs is 8. The van der Waals surface area contributed by atoms with E-state index in [0.29, 0.717) is 0 Å². The van der Waals surface area contributed by atoms with E-state index in [2.05, 4.69) is 210 Å². The van der Waals surface area contributed by atoms with Crippen molar-refractivity contribution in [1.29, 1.82) is 0 Å². The van der Waals surface area contributed by atoms with Gasteiger partial charge in [-0.05, 0) is 153 Å². The minimum atomic E-state index is -0.0787. The van der Waals surface area contributed by atoms with Crippen molar-refractivity contribution in [3.8, 4) is 66.8 Å². The molecule has 0 bridgehead atoms. The normalized spacial score (nSPS) is 14.4. The topological polar surface area (TPSA) is 0 Å². The van der Waals surface area contributed by atoms with Crippen LogP contribution in [0.5, 0.6) is 0 Å². The van der Waals surface area contributed by atoms with Gasteiger partial charge in [-0.25, -0.2) is 0 Å². The fraction of sp³-hybridized carbons (Fsp3) is 0.107. The molecule has 0 unspecified atom stereocenters. The second-order valence-corrected chi connectivity index (χ2v) is 17.0. The average molecular weight is 715 g/mol. The van der Waals surface area contributed by atoms with Gasteiger partial charge in [-0.2, -0.15) is 0 Å². The highest BCUT2D eigenvalue weighted by atomic mass is 14.4. The Morgan fingerprint density at radius 1 is 0.232 bits per heavy atom. The van der Waals surface area contributed by atoms with Crippen LogP contribution in [-0.2, 0) is 10.8 Å². The number of benzene rings is 9. The first-order valence-electron chi connectivity index (χ1n) is 19.9. The molecule has 2 aliphatic carbocycles. The molecule has 2 aliphatic rings. The summed E-state index contributed by atoms with van der Waals surface area (Å²) in [6.45, 7) is 9.45. The lowest BCUT2D eigenvalue weighted by molar-refractivity contribution is 0.660. The van der Waals surface area contributed by atoms with E-state index in [1.165, 1.54) is 111 Å². The predicted octanol–water partition coefficient (Wildman–Crippen LogP) is 15.3. The monoisotopic (exact) mass is 714 g/mol. The Bertz CT molecular complexity index is 3060. The molecule has 0 heterocycles. The van der Waals surface area contributed by atoms with Crippen LogP contribution in [0, 0.1) is 0 Å². The molecule has 0 fully saturated rings. The van der Waals surface area contributed by atoms with Gasteiger partial charge in [-0.1, -0.05) is 167 Å². The first kappa shape index (κ1) is 32.9. The van der Waals surface area contributed by atoms with Crippen LogP contribution in [0.4, 0.5) is 0 Å². The van der Waals surface area contributed by atoms with Gasteiger partial charge >= 0.3 is 0 Å². The van der Waals surface area contributed by atoms with Crippen LogP contribution in [0.1, 0.15) is 49.9 Å². The second kappa shape index (κ2) is 12.0. The number of rotatable bonds is 4. The summed E-state index contributed by atoms with van der Waals surface area (Å²) in [4.78, 5) is 0. The Hall–Kier alpha value is -6.50. The van der Waals surface area contributed by atoms with Crippen molar-refractivity contribution in [2.75, 3.05) is 0 Å². The van der Waals surface area contributed by atoms with Crippen LogP contribution in [0.15, 0.2) is 182 Å². The fourth-order valence-electron chi connectivity index (χ4n) is 9.82. The smallest absolute Gasteiger partial charge is 0.0159 e. The van der Waals surface area contributed by atoms with E-state index in [1.54, 1.807) is 0 Å². The molecule has 0 spiro atoms. The number of hydrogen-bond acceptors (Lipinski definition) is 0. The molecule has 0 saturated carbocycles. The lowest BCUT2D eigenvalue weighted by atomic mass is 9.81. The zero-order chi connectivity index (χ0) is 37.8. The van der Waals surface area contributed by atoms with Gasteiger partial charge in [0.15, 0.2) is 0 Å². The van der Waals surface area contributed by atoms with Crippen LogP contribution in [0.25, 0.3) is 88.3 Å². The Morgan fingerprint density at radius 2 is 0.536 bits per heavy atom. The van der Waals surface area contributed by atoms with Crippen molar-refractivity contribution < 1.29 is 0 Å². The van der Waals surface area contributed by atoms with E-state index < -0.39 is 0 Å². The summed E-state index contributed by atoms with van der Waals surface area (Å²) in [7, 11) is 0. The Kier molecular flexibility index (Phi) is 7.05. The average Bonchev–Trinajstić information content (AvgIpc) is 3.61. The third-order valence-corrected chi connectivity index (χ3v) is 13.0. The van der Waals surface area contributed by atoms with Crippen molar-refractivity contribution in [3.05, 3.63) is 204 Å². The standard InChI is InChI=1S/C56H42/c1-55(2)51-13-9-8-12-47(51)48-26-23-45(33-52(48)55)42-20-18-38-28-36(14-16-40(38)30-42)37-15-17-41-31-43(21-19-39(41)29-37)46-24-27-50-49-25-22-44(35-10-6-5-7-11-35)32-53(49)56(3,4)54(50)34-46/h5-34H,1-4H3. The van der Waals surface area contributed by atoms with E-state index in [9.17, 15) is 0 Å². The van der Waals surface area contributed by atoms with Gasteiger partial charge in [0.05, 0.1) is 0 Å². The minimum absolute atomic E-state index is 0.00464. The molecule has 9 aromatic carbocycles. The highest BCUT2D eigenvalue weighted by Crippen LogP contribution is 2.51. The van der Waals surface area contributed by atoms with Gasteiger partial charge in [0.25, 0.3) is 0 Å². The van der Waals surface area contributed by atoms with Crippen LogP contribution in [0.3, 0.4) is 0 Å². The van der Waals surface area contributed by atoms with Gasteiger partial charge < -0.3 is 0 Å². The lowest BCUT2D eigenvalue weighted by Crippen LogP contribution is -2.15. The zero-order valence-electron chi connectivity index (χ0n) is 32.3. The van der Waals surface area contributed by atoms with Gasteiger partial charge in [0, 0.05) is 10.8 Å². The molecular formula is C56H42. The largest absolute Gasteiger partial charge is 0.0622 e. The van der Waals surface area contributed by atoms with E-state index >= 15 is 0 Å². The maximum Gasteiger partial charge on any atom is 0.0159 e. The lowest BCUT2D eigenvalue weighted by Gasteiger charge is -2.22. The minimum Gasteiger partial charge on any atom is -0.0622 e. The van der Waals surface area contributed by atoms with E-state index in [0.717, 1.165) is 0 Å². The molecule has 56 heavy (non-hydrogen) atoms. The third kappa shape index (κ3) is 4.99. The van der Waals surface area contributed by atoms with Crippen LogP contribution >= 0.6 is 0 Å². The first-order chi connectivity index (χ1) is 27.2. The Balaban J connectivity index is 0.870. The van der Waals surface area contributed by atoms with Crippen molar-refractivity contribution >= 4 is 21.5 Å². The molecule has 0 atom stereocenters. The molecule has 0 N–H and O–H groups in total. The van der Waals surface area contributed by atoms with Crippen molar-refractivity contribution in [2.24, 2.45) is 0 Å². The van der Waals surface area contributed by atoms with E-state index in [-0.39, 0.29) is 10.8 Å². The molecule has 0 amide bonds.